The minimum Gasteiger partial charge on any atom is -0.453 e. The molecule has 0 fully saturated rings. The third kappa shape index (κ3) is 5.01. The summed E-state index contributed by atoms with van der Waals surface area (Å²) < 4.78 is 40.3. The number of nitrogens with one attached hydrogen (secondary N) is 2. The van der Waals surface area contributed by atoms with Gasteiger partial charge in [-0.3, -0.25) is 10.1 Å². The summed E-state index contributed by atoms with van der Waals surface area (Å²) in [5.74, 6) is -0.317. The van der Waals surface area contributed by atoms with Gasteiger partial charge in [-0.25, -0.2) is 9.78 Å². The summed E-state index contributed by atoms with van der Waals surface area (Å²) in [5.41, 5.74) is 2.08. The Morgan fingerprint density at radius 2 is 1.74 bits per heavy atom. The molecule has 0 saturated carbocycles. The van der Waals surface area contributed by atoms with Crippen LogP contribution in [0.4, 0.5) is 25.1 Å². The molecule has 0 bridgehead atoms. The number of halogens is 2. The molecule has 8 nitrogen and oxygen atoms in total. The number of fused-ring (bicyclic) bond motifs is 1. The standard InChI is InChI=1S/C25H23F2N3O5/c1-14-8-11-20(29-21(14)15-6-5-7-17(12-15)28-23(32)33-4)30-22(31)24(2,3)16-9-10-18-19(13-16)35-25(26,27)34-18/h5-13H,1-4H3,(H,28,32)(H,29,30,31). The van der Waals surface area contributed by atoms with Crippen molar-refractivity contribution in [2.24, 2.45) is 0 Å². The zero-order valence-electron chi connectivity index (χ0n) is 19.4. The lowest BCUT2D eigenvalue weighted by Crippen LogP contribution is -2.35. The molecule has 182 valence electrons. The number of methoxy groups -OCH3 is 1. The number of nitrogens with zero attached hydrogens (tertiary/aromatic N) is 1. The highest BCUT2D eigenvalue weighted by Crippen LogP contribution is 2.43. The van der Waals surface area contributed by atoms with Crippen LogP contribution in [0.2, 0.25) is 0 Å². The van der Waals surface area contributed by atoms with Crippen molar-refractivity contribution < 1.29 is 32.6 Å². The van der Waals surface area contributed by atoms with Gasteiger partial charge in [0.15, 0.2) is 11.5 Å². The molecule has 1 aliphatic heterocycles. The van der Waals surface area contributed by atoms with Crippen molar-refractivity contribution >= 4 is 23.5 Å². The first-order valence-electron chi connectivity index (χ1n) is 10.6. The first-order valence-corrected chi connectivity index (χ1v) is 10.6. The second-order valence-corrected chi connectivity index (χ2v) is 8.47. The smallest absolute Gasteiger partial charge is 0.453 e. The molecule has 2 amide bonds. The predicted octanol–water partition coefficient (Wildman–Crippen LogP) is 5.47. The number of aromatic nitrogens is 1. The number of aryl methyl sites for hydroxylation is 1. The highest BCUT2D eigenvalue weighted by atomic mass is 19.3. The van der Waals surface area contributed by atoms with Gasteiger partial charge in [0.2, 0.25) is 5.91 Å². The monoisotopic (exact) mass is 483 g/mol. The van der Waals surface area contributed by atoms with Crippen molar-refractivity contribution in [3.8, 4) is 22.8 Å². The summed E-state index contributed by atoms with van der Waals surface area (Å²) in [6.45, 7) is 5.20. The maximum absolute atomic E-state index is 13.4. The number of amides is 2. The number of hydrogen-bond donors (Lipinski definition) is 2. The summed E-state index contributed by atoms with van der Waals surface area (Å²) in [4.78, 5) is 29.3. The molecule has 2 N–H and O–H groups in total. The fourth-order valence-electron chi connectivity index (χ4n) is 3.55. The second-order valence-electron chi connectivity index (χ2n) is 8.47. The Hall–Kier alpha value is -4.21. The number of pyridine rings is 1. The minimum absolute atomic E-state index is 0.0938. The number of rotatable bonds is 5. The third-order valence-corrected chi connectivity index (χ3v) is 5.60. The van der Waals surface area contributed by atoms with E-state index < -0.39 is 23.7 Å². The van der Waals surface area contributed by atoms with E-state index in [1.807, 2.05) is 19.1 Å². The van der Waals surface area contributed by atoms with Crippen LogP contribution >= 0.6 is 0 Å². The molecule has 2 aromatic carbocycles. The Bertz CT molecular complexity index is 1310. The van der Waals surface area contributed by atoms with E-state index in [1.165, 1.54) is 25.3 Å². The van der Waals surface area contributed by atoms with Gasteiger partial charge >= 0.3 is 12.4 Å². The van der Waals surface area contributed by atoms with E-state index in [4.69, 9.17) is 0 Å². The van der Waals surface area contributed by atoms with Crippen LogP contribution in [0.5, 0.6) is 11.5 Å². The molecule has 10 heteroatoms. The maximum atomic E-state index is 13.4. The maximum Gasteiger partial charge on any atom is 0.586 e. The lowest BCUT2D eigenvalue weighted by Gasteiger charge is -2.24. The number of carbonyl (C=O) groups excluding carboxylic acids is 2. The fourth-order valence-corrected chi connectivity index (χ4v) is 3.55. The topological polar surface area (TPSA) is 98.8 Å². The first-order chi connectivity index (χ1) is 16.5. The van der Waals surface area contributed by atoms with Gasteiger partial charge in [0.1, 0.15) is 5.82 Å². The normalized spacial score (nSPS) is 13.8. The van der Waals surface area contributed by atoms with Gasteiger partial charge in [0.25, 0.3) is 0 Å². The van der Waals surface area contributed by atoms with Crippen molar-refractivity contribution in [3.05, 3.63) is 65.7 Å². The van der Waals surface area contributed by atoms with Crippen LogP contribution < -0.4 is 20.1 Å². The number of ether oxygens (including phenoxy) is 3. The SMILES string of the molecule is COC(=O)Nc1cccc(-c2nc(NC(=O)C(C)(C)c3ccc4c(c3)OC(F)(F)O4)ccc2C)c1. The van der Waals surface area contributed by atoms with Gasteiger partial charge in [-0.15, -0.1) is 8.78 Å². The van der Waals surface area contributed by atoms with Crippen molar-refractivity contribution in [2.45, 2.75) is 32.5 Å². The Morgan fingerprint density at radius 1 is 1.00 bits per heavy atom. The molecule has 0 unspecified atom stereocenters. The number of anilines is 2. The van der Waals surface area contributed by atoms with Crippen LogP contribution in [0.15, 0.2) is 54.6 Å². The van der Waals surface area contributed by atoms with Gasteiger partial charge in [0.05, 0.1) is 18.2 Å². The molecule has 2 heterocycles. The fraction of sp³-hybridized carbons (Fsp3) is 0.240. The quantitative estimate of drug-likeness (QED) is 0.499. The number of alkyl halides is 2. The van der Waals surface area contributed by atoms with E-state index in [-0.39, 0.29) is 11.5 Å². The van der Waals surface area contributed by atoms with Gasteiger partial charge in [-0.1, -0.05) is 24.3 Å². The summed E-state index contributed by atoms with van der Waals surface area (Å²) >= 11 is 0. The highest BCUT2D eigenvalue weighted by Gasteiger charge is 2.44. The zero-order chi connectivity index (χ0) is 25.4. The molecular weight excluding hydrogens is 460 g/mol. The number of carbonyl (C=O) groups is 2. The van der Waals surface area contributed by atoms with Crippen LogP contribution in [0.25, 0.3) is 11.3 Å². The Balaban J connectivity index is 1.57. The molecule has 0 radical (unpaired) electrons. The largest absolute Gasteiger partial charge is 0.586 e. The van der Waals surface area contributed by atoms with Crippen molar-refractivity contribution in [1.29, 1.82) is 0 Å². The van der Waals surface area contributed by atoms with Crippen LogP contribution in [0, 0.1) is 6.92 Å². The van der Waals surface area contributed by atoms with Gasteiger partial charge in [-0.05, 0) is 62.2 Å². The van der Waals surface area contributed by atoms with E-state index >= 15 is 0 Å². The molecule has 0 aliphatic carbocycles. The minimum atomic E-state index is -3.74. The molecule has 0 saturated heterocycles. The van der Waals surface area contributed by atoms with Gasteiger partial charge in [-0.2, -0.15) is 0 Å². The molecule has 35 heavy (non-hydrogen) atoms. The molecule has 3 aromatic rings. The summed E-state index contributed by atoms with van der Waals surface area (Å²) in [6.07, 6.45) is -4.33. The van der Waals surface area contributed by atoms with Crippen molar-refractivity contribution in [3.63, 3.8) is 0 Å². The average Bonchev–Trinajstić information content (AvgIpc) is 3.13. The van der Waals surface area contributed by atoms with Crippen LogP contribution in [0.3, 0.4) is 0 Å². The second kappa shape index (κ2) is 8.86. The summed E-state index contributed by atoms with van der Waals surface area (Å²) in [6, 6.07) is 14.8. The third-order valence-electron chi connectivity index (χ3n) is 5.60. The van der Waals surface area contributed by atoms with Crippen molar-refractivity contribution in [1.82, 2.24) is 4.98 Å². The van der Waals surface area contributed by atoms with Crippen molar-refractivity contribution in [2.75, 3.05) is 17.7 Å². The molecule has 0 atom stereocenters. The molecular formula is C25H23F2N3O5. The van der Waals surface area contributed by atoms with E-state index in [1.54, 1.807) is 38.1 Å². The Morgan fingerprint density at radius 3 is 2.49 bits per heavy atom. The van der Waals surface area contributed by atoms with E-state index in [2.05, 4.69) is 29.8 Å². The molecule has 0 spiro atoms. The lowest BCUT2D eigenvalue weighted by molar-refractivity contribution is -0.286. The lowest BCUT2D eigenvalue weighted by atomic mass is 9.83. The van der Waals surface area contributed by atoms with Crippen LogP contribution in [-0.2, 0) is 14.9 Å². The molecule has 1 aliphatic rings. The van der Waals surface area contributed by atoms with Gasteiger partial charge in [0, 0.05) is 11.3 Å². The summed E-state index contributed by atoms with van der Waals surface area (Å²) in [5, 5.41) is 5.40. The Labute approximate surface area is 200 Å². The van der Waals surface area contributed by atoms with Crippen LogP contribution in [-0.4, -0.2) is 30.4 Å². The van der Waals surface area contributed by atoms with Gasteiger partial charge < -0.3 is 19.5 Å². The van der Waals surface area contributed by atoms with E-state index in [9.17, 15) is 18.4 Å². The number of benzene rings is 2. The summed E-state index contributed by atoms with van der Waals surface area (Å²) in [7, 11) is 1.28. The highest BCUT2D eigenvalue weighted by molar-refractivity contribution is 5.98. The molecule has 4 rings (SSSR count). The van der Waals surface area contributed by atoms with E-state index in [0.717, 1.165) is 11.1 Å². The Kier molecular flexibility index (Phi) is 6.06. The zero-order valence-corrected chi connectivity index (χ0v) is 19.4. The first kappa shape index (κ1) is 23.9. The number of hydrogen-bond acceptors (Lipinski definition) is 6. The average molecular weight is 483 g/mol. The van der Waals surface area contributed by atoms with Crippen LogP contribution in [0.1, 0.15) is 25.0 Å². The van der Waals surface area contributed by atoms with E-state index in [0.29, 0.717) is 22.8 Å². The predicted molar refractivity (Wildman–Crippen MR) is 125 cm³/mol. The molecule has 1 aromatic heterocycles.